The molecule has 0 amide bonds. The molecule has 0 aromatic heterocycles. The summed E-state index contributed by atoms with van der Waals surface area (Å²) in [5.74, 6) is 2.33. The van der Waals surface area contributed by atoms with E-state index in [-0.39, 0.29) is 5.97 Å². The predicted octanol–water partition coefficient (Wildman–Crippen LogP) is 4.88. The van der Waals surface area contributed by atoms with Crippen molar-refractivity contribution in [3.63, 3.8) is 0 Å². The highest BCUT2D eigenvalue weighted by Gasteiger charge is 2.28. The Morgan fingerprint density at radius 3 is 2.45 bits per heavy atom. The number of carbonyl (C=O) groups is 1. The molecule has 0 radical (unpaired) electrons. The third kappa shape index (κ3) is 4.36. The van der Waals surface area contributed by atoms with Gasteiger partial charge >= 0.3 is 5.97 Å². The minimum Gasteiger partial charge on any atom is -0.463 e. The highest BCUT2D eigenvalue weighted by Crippen LogP contribution is 2.40. The van der Waals surface area contributed by atoms with Gasteiger partial charge in [-0.15, -0.1) is 0 Å². The highest BCUT2D eigenvalue weighted by molar-refractivity contribution is 5.87. The van der Waals surface area contributed by atoms with Gasteiger partial charge in [-0.05, 0) is 44.4 Å². The first-order valence-corrected chi connectivity index (χ1v) is 8.56. The molecule has 2 aliphatic rings. The van der Waals surface area contributed by atoms with Gasteiger partial charge in [0.2, 0.25) is 0 Å². The fraction of sp³-hybridized carbons (Fsp3) is 0.833. The normalized spacial score (nSPS) is 29.2. The van der Waals surface area contributed by atoms with E-state index in [1.807, 2.05) is 13.8 Å². The summed E-state index contributed by atoms with van der Waals surface area (Å²) in [6, 6.07) is 0. The summed E-state index contributed by atoms with van der Waals surface area (Å²) in [7, 11) is 0. The van der Waals surface area contributed by atoms with Gasteiger partial charge in [-0.1, -0.05) is 51.0 Å². The average Bonchev–Trinajstić information content (AvgIpc) is 2.48. The Morgan fingerprint density at radius 1 is 1.05 bits per heavy atom. The summed E-state index contributed by atoms with van der Waals surface area (Å²) in [5, 5.41) is 0. The molecule has 2 rings (SSSR count). The van der Waals surface area contributed by atoms with Crippen LogP contribution in [0, 0.1) is 17.8 Å². The third-order valence-electron chi connectivity index (χ3n) is 5.15. The van der Waals surface area contributed by atoms with Crippen molar-refractivity contribution in [2.24, 2.45) is 17.8 Å². The van der Waals surface area contributed by atoms with Crippen molar-refractivity contribution in [3.8, 4) is 0 Å². The first-order valence-electron chi connectivity index (χ1n) is 8.56. The van der Waals surface area contributed by atoms with E-state index in [0.29, 0.717) is 12.5 Å². The molecular formula is C18H30O2. The summed E-state index contributed by atoms with van der Waals surface area (Å²) in [4.78, 5) is 11.7. The molecule has 0 bridgehead atoms. The van der Waals surface area contributed by atoms with Crippen LogP contribution in [0.3, 0.4) is 0 Å². The maximum Gasteiger partial charge on any atom is 0.333 e. The second-order valence-electron chi connectivity index (χ2n) is 6.66. The minimum atomic E-state index is -0.132. The van der Waals surface area contributed by atoms with Crippen LogP contribution in [0.5, 0.6) is 0 Å². The molecule has 2 saturated carbocycles. The molecule has 2 aliphatic carbocycles. The number of esters is 1. The van der Waals surface area contributed by atoms with Crippen molar-refractivity contribution in [2.45, 2.75) is 71.6 Å². The molecule has 2 atom stereocenters. The first-order chi connectivity index (χ1) is 9.70. The number of carbonyl (C=O) groups excluding carboxylic acids is 1. The van der Waals surface area contributed by atoms with E-state index >= 15 is 0 Å². The second kappa shape index (κ2) is 7.85. The van der Waals surface area contributed by atoms with Gasteiger partial charge in [0, 0.05) is 5.57 Å². The lowest BCUT2D eigenvalue weighted by molar-refractivity contribution is -0.138. The lowest BCUT2D eigenvalue weighted by atomic mass is 9.70. The Hall–Kier alpha value is -0.790. The van der Waals surface area contributed by atoms with Crippen LogP contribution in [0.4, 0.5) is 0 Å². The average molecular weight is 278 g/mol. The van der Waals surface area contributed by atoms with E-state index in [4.69, 9.17) is 4.74 Å². The Kier molecular flexibility index (Phi) is 6.12. The Bertz CT molecular complexity index is 339. The van der Waals surface area contributed by atoms with Crippen LogP contribution < -0.4 is 0 Å². The Labute approximate surface area is 124 Å². The molecular weight excluding hydrogens is 248 g/mol. The van der Waals surface area contributed by atoms with Gasteiger partial charge in [0.25, 0.3) is 0 Å². The quantitative estimate of drug-likeness (QED) is 0.541. The molecule has 2 nitrogen and oxygen atoms in total. The zero-order valence-corrected chi connectivity index (χ0v) is 13.2. The van der Waals surface area contributed by atoms with Gasteiger partial charge in [-0.2, -0.15) is 0 Å². The van der Waals surface area contributed by atoms with Gasteiger partial charge in [-0.25, -0.2) is 4.79 Å². The smallest absolute Gasteiger partial charge is 0.333 e. The van der Waals surface area contributed by atoms with Gasteiger partial charge in [0.1, 0.15) is 0 Å². The van der Waals surface area contributed by atoms with Crippen LogP contribution in [-0.4, -0.2) is 12.6 Å². The summed E-state index contributed by atoms with van der Waals surface area (Å²) in [6.07, 6.45) is 14.7. The number of hydrogen-bond donors (Lipinski definition) is 0. The van der Waals surface area contributed by atoms with Crippen molar-refractivity contribution in [3.05, 3.63) is 11.6 Å². The molecule has 0 aromatic carbocycles. The molecule has 2 unspecified atom stereocenters. The zero-order valence-electron chi connectivity index (χ0n) is 13.2. The molecule has 114 valence electrons. The molecule has 0 N–H and O–H groups in total. The third-order valence-corrected chi connectivity index (χ3v) is 5.15. The number of ether oxygens (including phenoxy) is 1. The van der Waals surface area contributed by atoms with Gasteiger partial charge < -0.3 is 4.74 Å². The predicted molar refractivity (Wildman–Crippen MR) is 82.4 cm³/mol. The van der Waals surface area contributed by atoms with Crippen LogP contribution in [0.25, 0.3) is 0 Å². The van der Waals surface area contributed by atoms with Crippen LogP contribution in [0.1, 0.15) is 71.6 Å². The lowest BCUT2D eigenvalue weighted by Gasteiger charge is -2.35. The van der Waals surface area contributed by atoms with Crippen molar-refractivity contribution in [1.29, 1.82) is 0 Å². The maximum absolute atomic E-state index is 11.7. The highest BCUT2D eigenvalue weighted by atomic mass is 16.5. The van der Waals surface area contributed by atoms with Crippen molar-refractivity contribution in [1.82, 2.24) is 0 Å². The maximum atomic E-state index is 11.7. The molecule has 2 heteroatoms. The van der Waals surface area contributed by atoms with E-state index in [9.17, 15) is 4.79 Å². The Morgan fingerprint density at radius 2 is 1.75 bits per heavy atom. The van der Waals surface area contributed by atoms with Crippen LogP contribution in [0.2, 0.25) is 0 Å². The summed E-state index contributed by atoms with van der Waals surface area (Å²) in [6.45, 7) is 4.24. The van der Waals surface area contributed by atoms with E-state index in [1.54, 1.807) is 0 Å². The minimum absolute atomic E-state index is 0.132. The standard InChI is InChI=1S/C18H30O2/c1-3-20-18(19)14(2)12-15-8-7-11-17(13-15)16-9-5-4-6-10-16/h12,15-17H,3-11,13H2,1-2H3/b14-12+. The number of hydrogen-bond acceptors (Lipinski definition) is 2. The van der Waals surface area contributed by atoms with Crippen molar-refractivity contribution < 1.29 is 9.53 Å². The van der Waals surface area contributed by atoms with Gasteiger partial charge in [-0.3, -0.25) is 0 Å². The molecule has 2 fully saturated rings. The molecule has 0 aromatic rings. The van der Waals surface area contributed by atoms with Crippen LogP contribution in [-0.2, 0) is 9.53 Å². The first kappa shape index (κ1) is 15.6. The number of rotatable bonds is 4. The van der Waals surface area contributed by atoms with Crippen molar-refractivity contribution >= 4 is 5.97 Å². The Balaban J connectivity index is 1.89. The van der Waals surface area contributed by atoms with Gasteiger partial charge in [0.05, 0.1) is 6.61 Å². The molecule has 20 heavy (non-hydrogen) atoms. The molecule has 0 spiro atoms. The number of allylic oxidation sites excluding steroid dienone is 1. The zero-order chi connectivity index (χ0) is 14.4. The monoisotopic (exact) mass is 278 g/mol. The second-order valence-corrected chi connectivity index (χ2v) is 6.66. The lowest BCUT2D eigenvalue weighted by Crippen LogP contribution is -2.24. The van der Waals surface area contributed by atoms with Gasteiger partial charge in [0.15, 0.2) is 0 Å². The fourth-order valence-electron chi connectivity index (χ4n) is 4.12. The van der Waals surface area contributed by atoms with Crippen molar-refractivity contribution in [2.75, 3.05) is 6.61 Å². The summed E-state index contributed by atoms with van der Waals surface area (Å²) < 4.78 is 5.08. The molecule has 0 heterocycles. The summed E-state index contributed by atoms with van der Waals surface area (Å²) >= 11 is 0. The summed E-state index contributed by atoms with van der Waals surface area (Å²) in [5.41, 5.74) is 0.807. The molecule has 0 aliphatic heterocycles. The van der Waals surface area contributed by atoms with Crippen LogP contribution >= 0.6 is 0 Å². The van der Waals surface area contributed by atoms with E-state index < -0.39 is 0 Å². The fourth-order valence-corrected chi connectivity index (χ4v) is 4.12. The van der Waals surface area contributed by atoms with E-state index in [2.05, 4.69) is 6.08 Å². The van der Waals surface area contributed by atoms with E-state index in [1.165, 1.54) is 57.8 Å². The topological polar surface area (TPSA) is 26.3 Å². The largest absolute Gasteiger partial charge is 0.463 e. The molecule has 0 saturated heterocycles. The van der Waals surface area contributed by atoms with Crippen LogP contribution in [0.15, 0.2) is 11.6 Å². The SMILES string of the molecule is CCOC(=O)/C(C)=C/C1CCCC(C2CCCCC2)C1. The van der Waals surface area contributed by atoms with E-state index in [0.717, 1.165) is 17.4 Å².